The molecule has 1 aliphatic carbocycles. The highest BCUT2D eigenvalue weighted by molar-refractivity contribution is 8.00. The minimum Gasteiger partial charge on any atom is -0.395 e. The van der Waals surface area contributed by atoms with Crippen LogP contribution in [0.4, 0.5) is 0 Å². The summed E-state index contributed by atoms with van der Waals surface area (Å²) in [7, 11) is 0. The highest BCUT2D eigenvalue weighted by Gasteiger charge is 2.50. The molecule has 1 N–H and O–H groups in total. The number of aliphatic hydroxyl groups is 1. The SMILES string of the molecule is CCn1cc(-c2ccc(C3(c4nnc5n4CCSC(C)(CO)C5)CC3)cc2)cn1. The Hall–Kier alpha value is -2.12. The first-order valence-electron chi connectivity index (χ1n) is 10.4. The van der Waals surface area contributed by atoms with Crippen molar-refractivity contribution in [3.05, 3.63) is 53.9 Å². The van der Waals surface area contributed by atoms with Gasteiger partial charge in [0.15, 0.2) is 0 Å². The molecule has 2 aliphatic rings. The van der Waals surface area contributed by atoms with Crippen molar-refractivity contribution < 1.29 is 5.11 Å². The van der Waals surface area contributed by atoms with Crippen LogP contribution in [0.15, 0.2) is 36.7 Å². The van der Waals surface area contributed by atoms with Crippen molar-refractivity contribution in [1.82, 2.24) is 24.5 Å². The van der Waals surface area contributed by atoms with Crippen molar-refractivity contribution in [3.8, 4) is 11.1 Å². The zero-order chi connectivity index (χ0) is 20.1. The van der Waals surface area contributed by atoms with E-state index in [1.165, 1.54) is 11.1 Å². The van der Waals surface area contributed by atoms with E-state index >= 15 is 0 Å². The van der Waals surface area contributed by atoms with E-state index < -0.39 is 0 Å². The van der Waals surface area contributed by atoms with Gasteiger partial charge in [-0.25, -0.2) is 0 Å². The van der Waals surface area contributed by atoms with Gasteiger partial charge in [-0.05, 0) is 37.8 Å². The summed E-state index contributed by atoms with van der Waals surface area (Å²) in [6.07, 6.45) is 7.01. The lowest BCUT2D eigenvalue weighted by Gasteiger charge is -2.23. The lowest BCUT2D eigenvalue weighted by atomic mass is 9.93. The minimum absolute atomic E-state index is 0.0119. The number of nitrogens with zero attached hydrogens (tertiary/aromatic N) is 5. The summed E-state index contributed by atoms with van der Waals surface area (Å²) in [5.41, 5.74) is 3.66. The van der Waals surface area contributed by atoms with Gasteiger partial charge in [-0.15, -0.1) is 10.2 Å². The molecule has 0 radical (unpaired) electrons. The van der Waals surface area contributed by atoms with E-state index in [9.17, 15) is 5.11 Å². The van der Waals surface area contributed by atoms with Crippen LogP contribution in [0.2, 0.25) is 0 Å². The van der Waals surface area contributed by atoms with Gasteiger partial charge in [-0.3, -0.25) is 4.68 Å². The zero-order valence-electron chi connectivity index (χ0n) is 17.0. The van der Waals surface area contributed by atoms with E-state index in [1.54, 1.807) is 0 Å². The number of thioether (sulfide) groups is 1. The predicted octanol–water partition coefficient (Wildman–Crippen LogP) is 3.28. The number of aliphatic hydroxyl groups excluding tert-OH is 1. The third-order valence-electron chi connectivity index (χ3n) is 6.37. The average molecular weight is 410 g/mol. The Balaban J connectivity index is 1.45. The normalized spacial score (nSPS) is 22.9. The Kier molecular flexibility index (Phi) is 4.55. The fourth-order valence-corrected chi connectivity index (χ4v) is 5.45. The minimum atomic E-state index is -0.167. The second-order valence-corrected chi connectivity index (χ2v) is 10.2. The van der Waals surface area contributed by atoms with Crippen LogP contribution in [0.5, 0.6) is 0 Å². The Morgan fingerprint density at radius 3 is 2.59 bits per heavy atom. The highest BCUT2D eigenvalue weighted by Crippen LogP contribution is 2.53. The molecule has 1 unspecified atom stereocenters. The summed E-state index contributed by atoms with van der Waals surface area (Å²) in [5, 5.41) is 23.4. The maximum Gasteiger partial charge on any atom is 0.143 e. The number of fused-ring (bicyclic) bond motifs is 1. The molecule has 3 aromatic rings. The first kappa shape index (κ1) is 18.9. The first-order valence-corrected chi connectivity index (χ1v) is 11.4. The first-order chi connectivity index (χ1) is 14.1. The molecule has 1 fully saturated rings. The third kappa shape index (κ3) is 3.20. The molecule has 6 nitrogen and oxygen atoms in total. The van der Waals surface area contributed by atoms with Gasteiger partial charge in [0.05, 0.1) is 18.2 Å². The van der Waals surface area contributed by atoms with Crippen LogP contribution in [-0.4, -0.2) is 46.8 Å². The van der Waals surface area contributed by atoms with Crippen LogP contribution in [0.25, 0.3) is 11.1 Å². The van der Waals surface area contributed by atoms with Gasteiger partial charge in [-0.1, -0.05) is 24.3 Å². The van der Waals surface area contributed by atoms with Crippen LogP contribution < -0.4 is 0 Å². The van der Waals surface area contributed by atoms with Crippen LogP contribution in [0, 0.1) is 0 Å². The number of rotatable bonds is 5. The predicted molar refractivity (Wildman–Crippen MR) is 115 cm³/mol. The van der Waals surface area contributed by atoms with Crippen LogP contribution in [0.1, 0.15) is 43.9 Å². The monoisotopic (exact) mass is 409 g/mol. The number of hydrogen-bond donors (Lipinski definition) is 1. The molecule has 1 saturated carbocycles. The molecule has 3 heterocycles. The van der Waals surface area contributed by atoms with E-state index in [4.69, 9.17) is 0 Å². The van der Waals surface area contributed by atoms with E-state index in [2.05, 4.69) is 64.2 Å². The molecule has 0 bridgehead atoms. The molecule has 0 saturated heterocycles. The molecule has 29 heavy (non-hydrogen) atoms. The molecule has 152 valence electrons. The van der Waals surface area contributed by atoms with Gasteiger partial charge < -0.3 is 9.67 Å². The number of hydrogen-bond acceptors (Lipinski definition) is 5. The van der Waals surface area contributed by atoms with E-state index in [1.807, 2.05) is 22.6 Å². The lowest BCUT2D eigenvalue weighted by Crippen LogP contribution is -2.28. The molecule has 0 amide bonds. The third-order valence-corrected chi connectivity index (χ3v) is 7.72. The largest absolute Gasteiger partial charge is 0.395 e. The van der Waals surface area contributed by atoms with Crippen molar-refractivity contribution in [2.75, 3.05) is 12.4 Å². The van der Waals surface area contributed by atoms with Crippen molar-refractivity contribution in [1.29, 1.82) is 0 Å². The summed E-state index contributed by atoms with van der Waals surface area (Å²) in [5.74, 6) is 3.09. The summed E-state index contributed by atoms with van der Waals surface area (Å²) in [6, 6.07) is 8.89. The second kappa shape index (κ2) is 6.99. The average Bonchev–Trinajstić information content (AvgIpc) is 3.30. The fraction of sp³-hybridized carbons (Fsp3) is 0.500. The summed E-state index contributed by atoms with van der Waals surface area (Å²) < 4.78 is 4.11. The van der Waals surface area contributed by atoms with Gasteiger partial charge in [0.2, 0.25) is 0 Å². The summed E-state index contributed by atoms with van der Waals surface area (Å²) in [6.45, 7) is 6.18. The van der Waals surface area contributed by atoms with Crippen molar-refractivity contribution >= 4 is 11.8 Å². The summed E-state index contributed by atoms with van der Waals surface area (Å²) >= 11 is 1.84. The van der Waals surface area contributed by atoms with E-state index in [-0.39, 0.29) is 16.8 Å². The number of aromatic nitrogens is 5. The number of aryl methyl sites for hydroxylation is 1. The number of benzene rings is 1. The Morgan fingerprint density at radius 2 is 1.93 bits per heavy atom. The Morgan fingerprint density at radius 1 is 1.14 bits per heavy atom. The Labute approximate surface area is 175 Å². The zero-order valence-corrected chi connectivity index (χ0v) is 17.8. The van der Waals surface area contributed by atoms with Crippen LogP contribution in [-0.2, 0) is 24.9 Å². The molecule has 1 aliphatic heterocycles. The molecule has 7 heteroatoms. The van der Waals surface area contributed by atoms with Gasteiger partial charge in [0.25, 0.3) is 0 Å². The molecule has 1 aromatic carbocycles. The van der Waals surface area contributed by atoms with Gasteiger partial charge in [-0.2, -0.15) is 16.9 Å². The lowest BCUT2D eigenvalue weighted by molar-refractivity contribution is 0.254. The van der Waals surface area contributed by atoms with Gasteiger partial charge in [0.1, 0.15) is 11.6 Å². The molecule has 1 atom stereocenters. The topological polar surface area (TPSA) is 68.8 Å². The van der Waals surface area contributed by atoms with E-state index in [0.717, 1.165) is 55.3 Å². The molecular weight excluding hydrogens is 382 g/mol. The smallest absolute Gasteiger partial charge is 0.143 e. The Bertz CT molecular complexity index is 1020. The maximum absolute atomic E-state index is 9.81. The van der Waals surface area contributed by atoms with E-state index in [0.29, 0.717) is 0 Å². The van der Waals surface area contributed by atoms with Crippen LogP contribution in [0.3, 0.4) is 0 Å². The summed E-state index contributed by atoms with van der Waals surface area (Å²) in [4.78, 5) is 0. The standard InChI is InChI=1S/C22H27N5OS/c1-3-26-14-17(13-23-26)16-4-6-18(7-5-16)22(8-9-22)20-25-24-19-12-21(2,15-28)29-11-10-27(19)20/h4-7,13-14,28H,3,8-12,15H2,1-2H3. The highest BCUT2D eigenvalue weighted by atomic mass is 32.2. The molecule has 2 aromatic heterocycles. The molecular formula is C22H27N5OS. The van der Waals surface area contributed by atoms with Gasteiger partial charge >= 0.3 is 0 Å². The fourth-order valence-electron chi connectivity index (χ4n) is 4.36. The van der Waals surface area contributed by atoms with Crippen molar-refractivity contribution in [2.45, 2.75) is 56.4 Å². The van der Waals surface area contributed by atoms with Crippen LogP contribution >= 0.6 is 11.8 Å². The van der Waals surface area contributed by atoms with Gasteiger partial charge in [0, 0.05) is 41.8 Å². The van der Waals surface area contributed by atoms with Crippen molar-refractivity contribution in [2.24, 2.45) is 0 Å². The quantitative estimate of drug-likeness (QED) is 0.700. The molecule has 5 rings (SSSR count). The van der Waals surface area contributed by atoms with Crippen molar-refractivity contribution in [3.63, 3.8) is 0 Å². The second-order valence-electron chi connectivity index (χ2n) is 8.47. The maximum atomic E-state index is 9.81. The molecule has 0 spiro atoms.